The largest absolute Gasteiger partial charge is 0.327 e. The Morgan fingerprint density at radius 1 is 0.952 bits per heavy atom. The SMILES string of the molecule is NC(Cc1ccc(Cl)cc1)C1(c2ccccc2)CCCC1. The van der Waals surface area contributed by atoms with Crippen molar-refractivity contribution in [3.63, 3.8) is 0 Å². The van der Waals surface area contributed by atoms with E-state index in [0.29, 0.717) is 0 Å². The van der Waals surface area contributed by atoms with E-state index in [1.54, 1.807) is 0 Å². The lowest BCUT2D eigenvalue weighted by atomic mass is 9.71. The first kappa shape index (κ1) is 14.6. The van der Waals surface area contributed by atoms with Gasteiger partial charge in [0, 0.05) is 16.5 Å². The summed E-state index contributed by atoms with van der Waals surface area (Å²) in [6.07, 6.45) is 5.87. The number of hydrogen-bond donors (Lipinski definition) is 1. The van der Waals surface area contributed by atoms with Gasteiger partial charge in [-0.25, -0.2) is 0 Å². The maximum atomic E-state index is 6.68. The van der Waals surface area contributed by atoms with E-state index in [9.17, 15) is 0 Å². The summed E-state index contributed by atoms with van der Waals surface area (Å²) >= 11 is 5.97. The highest BCUT2D eigenvalue weighted by molar-refractivity contribution is 6.30. The summed E-state index contributed by atoms with van der Waals surface area (Å²) in [6.45, 7) is 0. The number of benzene rings is 2. The lowest BCUT2D eigenvalue weighted by Crippen LogP contribution is -2.45. The minimum absolute atomic E-state index is 0.140. The minimum Gasteiger partial charge on any atom is -0.327 e. The molecule has 21 heavy (non-hydrogen) atoms. The Labute approximate surface area is 132 Å². The molecule has 0 amide bonds. The Bertz CT molecular complexity index is 570. The van der Waals surface area contributed by atoms with Crippen molar-refractivity contribution >= 4 is 11.6 Å². The van der Waals surface area contributed by atoms with E-state index in [1.165, 1.54) is 36.8 Å². The zero-order valence-corrected chi connectivity index (χ0v) is 13.0. The molecule has 1 aliphatic rings. The quantitative estimate of drug-likeness (QED) is 0.868. The standard InChI is InChI=1S/C19H22ClN/c20-17-10-8-15(9-11-17)14-18(21)19(12-4-5-13-19)16-6-2-1-3-7-16/h1-3,6-11,18H,4-5,12-14,21H2. The van der Waals surface area contributed by atoms with E-state index in [2.05, 4.69) is 42.5 Å². The predicted molar refractivity (Wildman–Crippen MR) is 89.7 cm³/mol. The van der Waals surface area contributed by atoms with E-state index >= 15 is 0 Å². The summed E-state index contributed by atoms with van der Waals surface area (Å²) in [5, 5.41) is 0.783. The van der Waals surface area contributed by atoms with Crippen molar-refractivity contribution in [2.24, 2.45) is 5.73 Å². The van der Waals surface area contributed by atoms with Crippen molar-refractivity contribution in [1.82, 2.24) is 0 Å². The molecule has 2 aromatic carbocycles. The number of hydrogen-bond acceptors (Lipinski definition) is 1. The molecule has 2 heteroatoms. The Balaban J connectivity index is 1.85. The van der Waals surface area contributed by atoms with Crippen LogP contribution >= 0.6 is 11.6 Å². The first-order chi connectivity index (χ1) is 10.2. The Morgan fingerprint density at radius 2 is 1.57 bits per heavy atom. The summed E-state index contributed by atoms with van der Waals surface area (Å²) in [7, 11) is 0. The second-order valence-electron chi connectivity index (χ2n) is 6.17. The zero-order chi connectivity index (χ0) is 14.7. The minimum atomic E-state index is 0.140. The molecule has 110 valence electrons. The van der Waals surface area contributed by atoms with Crippen LogP contribution < -0.4 is 5.73 Å². The molecule has 2 N–H and O–H groups in total. The van der Waals surface area contributed by atoms with E-state index in [0.717, 1.165) is 11.4 Å². The molecule has 1 fully saturated rings. The molecule has 0 radical (unpaired) electrons. The lowest BCUT2D eigenvalue weighted by molar-refractivity contribution is 0.347. The fourth-order valence-electron chi connectivity index (χ4n) is 3.72. The summed E-state index contributed by atoms with van der Waals surface area (Å²) in [4.78, 5) is 0. The normalized spacial score (nSPS) is 18.6. The Morgan fingerprint density at radius 3 is 2.19 bits per heavy atom. The smallest absolute Gasteiger partial charge is 0.0406 e. The van der Waals surface area contributed by atoms with Gasteiger partial charge in [-0.15, -0.1) is 0 Å². The van der Waals surface area contributed by atoms with Crippen molar-refractivity contribution < 1.29 is 0 Å². The van der Waals surface area contributed by atoms with Gasteiger partial charge >= 0.3 is 0 Å². The van der Waals surface area contributed by atoms with Gasteiger partial charge in [-0.2, -0.15) is 0 Å². The van der Waals surface area contributed by atoms with Crippen molar-refractivity contribution in [1.29, 1.82) is 0 Å². The third-order valence-corrected chi connectivity index (χ3v) is 5.18. The highest BCUT2D eigenvalue weighted by Gasteiger charge is 2.40. The van der Waals surface area contributed by atoms with Crippen LogP contribution in [0.1, 0.15) is 36.8 Å². The van der Waals surface area contributed by atoms with E-state index in [-0.39, 0.29) is 11.5 Å². The highest BCUT2D eigenvalue weighted by Crippen LogP contribution is 2.43. The van der Waals surface area contributed by atoms with Gasteiger partial charge in [-0.05, 0) is 42.5 Å². The van der Waals surface area contributed by atoms with Crippen LogP contribution in [0.15, 0.2) is 54.6 Å². The third-order valence-electron chi connectivity index (χ3n) is 4.92. The molecule has 1 unspecified atom stereocenters. The average Bonchev–Trinajstić information content (AvgIpc) is 3.01. The van der Waals surface area contributed by atoms with Crippen LogP contribution in [-0.4, -0.2) is 6.04 Å². The zero-order valence-electron chi connectivity index (χ0n) is 12.3. The van der Waals surface area contributed by atoms with Gasteiger partial charge in [0.25, 0.3) is 0 Å². The van der Waals surface area contributed by atoms with Gasteiger partial charge in [0.2, 0.25) is 0 Å². The molecule has 2 aromatic rings. The van der Waals surface area contributed by atoms with Gasteiger partial charge < -0.3 is 5.73 Å². The van der Waals surface area contributed by atoms with Crippen molar-refractivity contribution in [2.45, 2.75) is 43.6 Å². The highest BCUT2D eigenvalue weighted by atomic mass is 35.5. The summed E-state index contributed by atoms with van der Waals surface area (Å²) in [5.41, 5.74) is 9.50. The maximum Gasteiger partial charge on any atom is 0.0406 e. The molecule has 1 saturated carbocycles. The van der Waals surface area contributed by atoms with Gasteiger partial charge in [-0.3, -0.25) is 0 Å². The second kappa shape index (κ2) is 6.21. The second-order valence-corrected chi connectivity index (χ2v) is 6.60. The topological polar surface area (TPSA) is 26.0 Å². The Hall–Kier alpha value is -1.31. The van der Waals surface area contributed by atoms with E-state index in [4.69, 9.17) is 17.3 Å². The molecule has 0 aliphatic heterocycles. The van der Waals surface area contributed by atoms with Gasteiger partial charge in [-0.1, -0.05) is 66.9 Å². The molecule has 0 heterocycles. The van der Waals surface area contributed by atoms with Gasteiger partial charge in [0.1, 0.15) is 0 Å². The van der Waals surface area contributed by atoms with Crippen LogP contribution in [0.3, 0.4) is 0 Å². The molecule has 0 spiro atoms. The number of rotatable bonds is 4. The monoisotopic (exact) mass is 299 g/mol. The van der Waals surface area contributed by atoms with Crippen LogP contribution in [0, 0.1) is 0 Å². The maximum absolute atomic E-state index is 6.68. The van der Waals surface area contributed by atoms with Crippen LogP contribution in [0.4, 0.5) is 0 Å². The lowest BCUT2D eigenvalue weighted by Gasteiger charge is -2.36. The molecule has 0 saturated heterocycles. The fourth-order valence-corrected chi connectivity index (χ4v) is 3.85. The molecule has 0 aromatic heterocycles. The number of nitrogens with two attached hydrogens (primary N) is 1. The fraction of sp³-hybridized carbons (Fsp3) is 0.368. The van der Waals surface area contributed by atoms with Crippen LogP contribution in [0.2, 0.25) is 5.02 Å². The van der Waals surface area contributed by atoms with Gasteiger partial charge in [0.05, 0.1) is 0 Å². The van der Waals surface area contributed by atoms with Crippen LogP contribution in [0.25, 0.3) is 0 Å². The molecule has 0 bridgehead atoms. The van der Waals surface area contributed by atoms with Crippen LogP contribution in [-0.2, 0) is 11.8 Å². The molecular formula is C19H22ClN. The van der Waals surface area contributed by atoms with E-state index < -0.39 is 0 Å². The molecule has 1 aliphatic carbocycles. The van der Waals surface area contributed by atoms with E-state index in [1.807, 2.05) is 12.1 Å². The molecule has 1 atom stereocenters. The predicted octanol–water partition coefficient (Wildman–Crippen LogP) is 4.72. The Kier molecular flexibility index (Phi) is 4.32. The molecule has 3 rings (SSSR count). The summed E-state index contributed by atoms with van der Waals surface area (Å²) < 4.78 is 0. The third kappa shape index (κ3) is 3.00. The first-order valence-corrected chi connectivity index (χ1v) is 8.14. The summed E-state index contributed by atoms with van der Waals surface area (Å²) in [6, 6.07) is 19.1. The van der Waals surface area contributed by atoms with Gasteiger partial charge in [0.15, 0.2) is 0 Å². The van der Waals surface area contributed by atoms with Crippen molar-refractivity contribution in [3.8, 4) is 0 Å². The summed E-state index contributed by atoms with van der Waals surface area (Å²) in [5.74, 6) is 0. The molecule has 1 nitrogen and oxygen atoms in total. The first-order valence-electron chi connectivity index (χ1n) is 7.76. The average molecular weight is 300 g/mol. The number of halogens is 1. The van der Waals surface area contributed by atoms with Crippen molar-refractivity contribution in [3.05, 3.63) is 70.7 Å². The molecular weight excluding hydrogens is 278 g/mol. The van der Waals surface area contributed by atoms with Crippen LogP contribution in [0.5, 0.6) is 0 Å². The van der Waals surface area contributed by atoms with Crippen molar-refractivity contribution in [2.75, 3.05) is 0 Å².